The molecule has 4 aromatic rings. The average Bonchev–Trinajstić information content (AvgIpc) is 3.52. The molecular weight excluding hydrogens is 442 g/mol. The van der Waals surface area contributed by atoms with E-state index in [-0.39, 0.29) is 5.92 Å². The van der Waals surface area contributed by atoms with Crippen molar-refractivity contribution in [3.05, 3.63) is 101 Å². The SMILES string of the molecule is C=C(CCCC)c1ccc([C@H]2CCCn3nc(/C=C/c4ccc(-n5cnc(C)c5)c(C)c4)nc32)cc1. The van der Waals surface area contributed by atoms with E-state index in [0.717, 1.165) is 54.4 Å². The molecule has 0 N–H and O–H groups in total. The summed E-state index contributed by atoms with van der Waals surface area (Å²) in [6.07, 6.45) is 13.7. The zero-order chi connectivity index (χ0) is 25.1. The normalized spacial score (nSPS) is 15.4. The molecule has 0 unspecified atom stereocenters. The van der Waals surface area contributed by atoms with Crippen LogP contribution in [0.15, 0.2) is 61.6 Å². The highest BCUT2D eigenvalue weighted by molar-refractivity contribution is 5.68. The summed E-state index contributed by atoms with van der Waals surface area (Å²) >= 11 is 0. The summed E-state index contributed by atoms with van der Waals surface area (Å²) in [7, 11) is 0. The predicted octanol–water partition coefficient (Wildman–Crippen LogP) is 7.38. The topological polar surface area (TPSA) is 48.5 Å². The molecule has 3 heterocycles. The highest BCUT2D eigenvalue weighted by Crippen LogP contribution is 2.33. The first-order valence-corrected chi connectivity index (χ1v) is 13.0. The Hall–Kier alpha value is -3.73. The van der Waals surface area contributed by atoms with E-state index in [2.05, 4.69) is 83.2 Å². The highest BCUT2D eigenvalue weighted by atomic mass is 15.4. The second-order valence-electron chi connectivity index (χ2n) is 9.88. The van der Waals surface area contributed by atoms with Gasteiger partial charge in [0.15, 0.2) is 5.82 Å². The molecule has 36 heavy (non-hydrogen) atoms. The maximum Gasteiger partial charge on any atom is 0.174 e. The Bertz CT molecular complexity index is 1390. The molecule has 0 fully saturated rings. The van der Waals surface area contributed by atoms with E-state index in [1.54, 1.807) is 0 Å². The van der Waals surface area contributed by atoms with Crippen molar-refractivity contribution < 1.29 is 0 Å². The Labute approximate surface area is 214 Å². The molecule has 0 spiro atoms. The Kier molecular flexibility index (Phi) is 6.99. The molecule has 1 atom stereocenters. The maximum absolute atomic E-state index is 4.95. The van der Waals surface area contributed by atoms with Gasteiger partial charge in [-0.1, -0.05) is 56.3 Å². The first-order valence-electron chi connectivity index (χ1n) is 13.0. The molecule has 5 nitrogen and oxygen atoms in total. The van der Waals surface area contributed by atoms with Crippen molar-refractivity contribution >= 4 is 17.7 Å². The highest BCUT2D eigenvalue weighted by Gasteiger charge is 2.25. The summed E-state index contributed by atoms with van der Waals surface area (Å²) in [5, 5.41) is 4.80. The number of aryl methyl sites for hydroxylation is 3. The van der Waals surface area contributed by atoms with Crippen LogP contribution in [0.2, 0.25) is 0 Å². The van der Waals surface area contributed by atoms with Crippen LogP contribution in [0.1, 0.15) is 84.5 Å². The van der Waals surface area contributed by atoms with E-state index < -0.39 is 0 Å². The number of nitrogens with zero attached hydrogens (tertiary/aromatic N) is 5. The van der Waals surface area contributed by atoms with Crippen molar-refractivity contribution in [3.8, 4) is 5.69 Å². The molecule has 0 saturated heterocycles. The molecule has 0 aliphatic carbocycles. The minimum atomic E-state index is 0.284. The van der Waals surface area contributed by atoms with E-state index in [4.69, 9.17) is 10.1 Å². The fourth-order valence-corrected chi connectivity index (χ4v) is 5.04. The average molecular weight is 478 g/mol. The Morgan fingerprint density at radius 2 is 1.94 bits per heavy atom. The van der Waals surface area contributed by atoms with E-state index >= 15 is 0 Å². The molecule has 0 radical (unpaired) electrons. The molecule has 1 aliphatic rings. The van der Waals surface area contributed by atoms with Crippen molar-refractivity contribution in [2.75, 3.05) is 0 Å². The standard InChI is InChI=1S/C31H35N5/c1-5-6-8-22(2)26-12-14-27(15-13-26)28-9-7-18-36-31(28)33-30(34-36)17-11-25-10-16-29(23(3)19-25)35-20-24(4)32-21-35/h10-17,19-21,28H,2,5-9,18H2,1,3-4H3/b17-11+/t28-/m1/s1. The monoisotopic (exact) mass is 477 g/mol. The van der Waals surface area contributed by atoms with Gasteiger partial charge < -0.3 is 4.57 Å². The number of fused-ring (bicyclic) bond motifs is 1. The molecule has 5 rings (SSSR count). The fraction of sp³-hybridized carbons (Fsp3) is 0.323. The minimum Gasteiger partial charge on any atom is -0.306 e. The van der Waals surface area contributed by atoms with Gasteiger partial charge in [-0.05, 0) is 85.6 Å². The predicted molar refractivity (Wildman–Crippen MR) is 148 cm³/mol. The zero-order valence-corrected chi connectivity index (χ0v) is 21.6. The van der Waals surface area contributed by atoms with Crippen LogP contribution in [0.3, 0.4) is 0 Å². The van der Waals surface area contributed by atoms with E-state index in [1.165, 1.54) is 35.1 Å². The lowest BCUT2D eigenvalue weighted by atomic mass is 9.89. The van der Waals surface area contributed by atoms with Gasteiger partial charge in [-0.2, -0.15) is 5.10 Å². The zero-order valence-electron chi connectivity index (χ0n) is 21.6. The molecule has 5 heteroatoms. The van der Waals surface area contributed by atoms with Gasteiger partial charge in [0.1, 0.15) is 5.82 Å². The van der Waals surface area contributed by atoms with Crippen molar-refractivity contribution in [1.82, 2.24) is 24.3 Å². The third kappa shape index (κ3) is 5.11. The summed E-state index contributed by atoms with van der Waals surface area (Å²) in [6, 6.07) is 15.4. The number of imidazole rings is 1. The molecular formula is C31H35N5. The van der Waals surface area contributed by atoms with Crippen LogP contribution in [0.5, 0.6) is 0 Å². The van der Waals surface area contributed by atoms with Gasteiger partial charge in [-0.3, -0.25) is 0 Å². The van der Waals surface area contributed by atoms with Gasteiger partial charge in [-0.25, -0.2) is 14.6 Å². The van der Waals surface area contributed by atoms with Crippen molar-refractivity contribution in [2.45, 2.75) is 65.3 Å². The molecule has 0 saturated carbocycles. The number of unbranched alkanes of at least 4 members (excludes halogenated alkanes) is 1. The maximum atomic E-state index is 4.95. The van der Waals surface area contributed by atoms with Gasteiger partial charge in [0.2, 0.25) is 0 Å². The number of allylic oxidation sites excluding steroid dienone is 1. The Morgan fingerprint density at radius 3 is 2.67 bits per heavy atom. The number of hydrogen-bond donors (Lipinski definition) is 0. The van der Waals surface area contributed by atoms with Gasteiger partial charge in [0, 0.05) is 24.3 Å². The number of rotatable bonds is 8. The molecule has 2 aromatic carbocycles. The van der Waals surface area contributed by atoms with Crippen LogP contribution in [0.4, 0.5) is 0 Å². The minimum absolute atomic E-state index is 0.284. The van der Waals surface area contributed by atoms with Crippen LogP contribution in [0.25, 0.3) is 23.4 Å². The largest absolute Gasteiger partial charge is 0.306 e. The molecule has 0 amide bonds. The quantitative estimate of drug-likeness (QED) is 0.266. The lowest BCUT2D eigenvalue weighted by Gasteiger charge is -2.22. The lowest BCUT2D eigenvalue weighted by molar-refractivity contribution is 0.445. The van der Waals surface area contributed by atoms with E-state index in [1.807, 2.05) is 25.5 Å². The Balaban J connectivity index is 1.33. The van der Waals surface area contributed by atoms with Crippen molar-refractivity contribution in [1.29, 1.82) is 0 Å². The van der Waals surface area contributed by atoms with Crippen LogP contribution < -0.4 is 0 Å². The molecule has 2 aromatic heterocycles. The third-order valence-electron chi connectivity index (χ3n) is 7.08. The van der Waals surface area contributed by atoms with Crippen molar-refractivity contribution in [2.24, 2.45) is 0 Å². The van der Waals surface area contributed by atoms with Crippen LogP contribution >= 0.6 is 0 Å². The van der Waals surface area contributed by atoms with Gasteiger partial charge in [-0.15, -0.1) is 0 Å². The first-order chi connectivity index (χ1) is 17.5. The Morgan fingerprint density at radius 1 is 1.11 bits per heavy atom. The van der Waals surface area contributed by atoms with Crippen molar-refractivity contribution in [3.63, 3.8) is 0 Å². The van der Waals surface area contributed by atoms with E-state index in [9.17, 15) is 0 Å². The van der Waals surface area contributed by atoms with Crippen LogP contribution in [0, 0.1) is 13.8 Å². The smallest absolute Gasteiger partial charge is 0.174 e. The number of aromatic nitrogens is 5. The summed E-state index contributed by atoms with van der Waals surface area (Å²) in [4.78, 5) is 9.29. The second kappa shape index (κ2) is 10.5. The van der Waals surface area contributed by atoms with Gasteiger partial charge in [0.05, 0.1) is 12.0 Å². The third-order valence-corrected chi connectivity index (χ3v) is 7.08. The second-order valence-corrected chi connectivity index (χ2v) is 9.88. The van der Waals surface area contributed by atoms with Crippen LogP contribution in [-0.2, 0) is 6.54 Å². The number of benzene rings is 2. The molecule has 1 aliphatic heterocycles. The molecule has 184 valence electrons. The summed E-state index contributed by atoms with van der Waals surface area (Å²) in [5.41, 5.74) is 8.28. The van der Waals surface area contributed by atoms with E-state index in [0.29, 0.717) is 0 Å². The number of hydrogen-bond acceptors (Lipinski definition) is 3. The first kappa shape index (κ1) is 24.0. The lowest BCUT2D eigenvalue weighted by Crippen LogP contribution is -2.18. The fourth-order valence-electron chi connectivity index (χ4n) is 5.04. The van der Waals surface area contributed by atoms with Gasteiger partial charge >= 0.3 is 0 Å². The summed E-state index contributed by atoms with van der Waals surface area (Å²) in [6.45, 7) is 11.6. The van der Waals surface area contributed by atoms with Crippen LogP contribution in [-0.4, -0.2) is 24.3 Å². The summed E-state index contributed by atoms with van der Waals surface area (Å²) < 4.78 is 4.16. The molecule has 0 bridgehead atoms. The van der Waals surface area contributed by atoms with Gasteiger partial charge in [0.25, 0.3) is 0 Å². The summed E-state index contributed by atoms with van der Waals surface area (Å²) in [5.74, 6) is 2.13.